The smallest absolute Gasteiger partial charge is 0.101 e. The largest absolute Gasteiger partial charge is 0.397 e. The van der Waals surface area contributed by atoms with Crippen molar-refractivity contribution in [1.29, 1.82) is 10.5 Å². The molecule has 0 unspecified atom stereocenters. The molecule has 0 amide bonds. The van der Waals surface area contributed by atoms with E-state index in [2.05, 4.69) is 27.3 Å². The molecule has 4 nitrogen and oxygen atoms in total. The van der Waals surface area contributed by atoms with Crippen LogP contribution in [0.25, 0.3) is 0 Å². The van der Waals surface area contributed by atoms with Crippen molar-refractivity contribution in [3.63, 3.8) is 0 Å². The SMILES string of the molecule is N#Cc1ccc(Nc2ccc(Br)cc2C#N)c(N)c1. The molecule has 2 aromatic carbocycles. The number of nitrogens with zero attached hydrogens (tertiary/aromatic N) is 2. The van der Waals surface area contributed by atoms with E-state index in [1.165, 1.54) is 0 Å². The lowest BCUT2D eigenvalue weighted by molar-refractivity contribution is 1.44. The van der Waals surface area contributed by atoms with E-state index in [9.17, 15) is 0 Å². The van der Waals surface area contributed by atoms with Crippen LogP contribution in [0.5, 0.6) is 0 Å². The van der Waals surface area contributed by atoms with Crippen molar-refractivity contribution in [1.82, 2.24) is 0 Å². The van der Waals surface area contributed by atoms with Gasteiger partial charge in [-0.15, -0.1) is 0 Å². The van der Waals surface area contributed by atoms with Crippen LogP contribution in [0.3, 0.4) is 0 Å². The number of nitrogens with two attached hydrogens (primary N) is 1. The molecule has 0 saturated carbocycles. The Morgan fingerprint density at radius 2 is 1.74 bits per heavy atom. The highest BCUT2D eigenvalue weighted by molar-refractivity contribution is 9.10. The highest BCUT2D eigenvalue weighted by atomic mass is 79.9. The zero-order chi connectivity index (χ0) is 13.8. The fourth-order valence-electron chi connectivity index (χ4n) is 1.61. The second-order valence-corrected chi connectivity index (χ2v) is 4.76. The topological polar surface area (TPSA) is 85.6 Å². The molecule has 0 saturated heterocycles. The van der Waals surface area contributed by atoms with Crippen LogP contribution in [0.15, 0.2) is 40.9 Å². The van der Waals surface area contributed by atoms with Crippen LogP contribution in [-0.2, 0) is 0 Å². The van der Waals surface area contributed by atoms with E-state index in [4.69, 9.17) is 16.3 Å². The molecule has 0 aromatic heterocycles. The van der Waals surface area contributed by atoms with Gasteiger partial charge in [-0.1, -0.05) is 15.9 Å². The Kier molecular flexibility index (Phi) is 3.70. The summed E-state index contributed by atoms with van der Waals surface area (Å²) in [4.78, 5) is 0. The lowest BCUT2D eigenvalue weighted by Crippen LogP contribution is -1.98. The molecule has 0 aliphatic carbocycles. The molecule has 2 rings (SSSR count). The fourth-order valence-corrected chi connectivity index (χ4v) is 1.97. The van der Waals surface area contributed by atoms with E-state index in [1.807, 2.05) is 12.1 Å². The third-order valence-corrected chi connectivity index (χ3v) is 3.05. The van der Waals surface area contributed by atoms with Gasteiger partial charge < -0.3 is 11.1 Å². The third kappa shape index (κ3) is 2.85. The first kappa shape index (κ1) is 12.9. The monoisotopic (exact) mass is 312 g/mol. The molecule has 5 heteroatoms. The number of hydrogen-bond acceptors (Lipinski definition) is 4. The van der Waals surface area contributed by atoms with E-state index in [0.29, 0.717) is 28.2 Å². The van der Waals surface area contributed by atoms with E-state index in [-0.39, 0.29) is 0 Å². The van der Waals surface area contributed by atoms with Gasteiger partial charge in [0.05, 0.1) is 34.3 Å². The number of hydrogen-bond donors (Lipinski definition) is 2. The molecule has 0 heterocycles. The van der Waals surface area contributed by atoms with Crippen LogP contribution in [0.2, 0.25) is 0 Å². The van der Waals surface area contributed by atoms with Crippen molar-refractivity contribution >= 4 is 33.0 Å². The molecule has 2 aromatic rings. The molecule has 0 aliphatic heterocycles. The Balaban J connectivity index is 2.37. The summed E-state index contributed by atoms with van der Waals surface area (Å²) in [5, 5.41) is 21.0. The lowest BCUT2D eigenvalue weighted by atomic mass is 10.1. The highest BCUT2D eigenvalue weighted by Crippen LogP contribution is 2.27. The van der Waals surface area contributed by atoms with E-state index >= 15 is 0 Å². The van der Waals surface area contributed by atoms with Crippen LogP contribution < -0.4 is 11.1 Å². The summed E-state index contributed by atoms with van der Waals surface area (Å²) in [6.07, 6.45) is 0. The summed E-state index contributed by atoms with van der Waals surface area (Å²) in [6.45, 7) is 0. The third-order valence-electron chi connectivity index (χ3n) is 2.55. The maximum Gasteiger partial charge on any atom is 0.101 e. The number of nitriles is 2. The Morgan fingerprint density at radius 3 is 2.37 bits per heavy atom. The van der Waals surface area contributed by atoms with Gasteiger partial charge in [0.25, 0.3) is 0 Å². The van der Waals surface area contributed by atoms with Gasteiger partial charge in [0.1, 0.15) is 6.07 Å². The first-order chi connectivity index (χ1) is 9.13. The average molecular weight is 313 g/mol. The van der Waals surface area contributed by atoms with E-state index in [1.54, 1.807) is 30.3 Å². The van der Waals surface area contributed by atoms with Gasteiger partial charge in [-0.3, -0.25) is 0 Å². The molecule has 0 fully saturated rings. The zero-order valence-corrected chi connectivity index (χ0v) is 11.4. The van der Waals surface area contributed by atoms with Gasteiger partial charge in [-0.25, -0.2) is 0 Å². The van der Waals surface area contributed by atoms with Crippen LogP contribution in [-0.4, -0.2) is 0 Å². The Labute approximate surface area is 119 Å². The second-order valence-electron chi connectivity index (χ2n) is 3.84. The number of anilines is 3. The minimum atomic E-state index is 0.464. The number of rotatable bonds is 2. The molecule has 19 heavy (non-hydrogen) atoms. The zero-order valence-electron chi connectivity index (χ0n) is 9.81. The highest BCUT2D eigenvalue weighted by Gasteiger charge is 2.06. The Hall–Kier alpha value is -2.50. The van der Waals surface area contributed by atoms with Gasteiger partial charge in [-0.2, -0.15) is 10.5 Å². The quantitative estimate of drug-likeness (QED) is 0.831. The summed E-state index contributed by atoms with van der Waals surface area (Å²) < 4.78 is 0.836. The molecular weight excluding hydrogens is 304 g/mol. The van der Waals surface area contributed by atoms with Crippen LogP contribution in [0.4, 0.5) is 17.1 Å². The van der Waals surface area contributed by atoms with E-state index in [0.717, 1.165) is 4.47 Å². The van der Waals surface area contributed by atoms with Gasteiger partial charge in [0.2, 0.25) is 0 Å². The summed E-state index contributed by atoms with van der Waals surface area (Å²) in [6, 6.07) is 14.5. The van der Waals surface area contributed by atoms with Gasteiger partial charge in [0, 0.05) is 4.47 Å². The molecule has 0 aliphatic rings. The molecular formula is C14H9BrN4. The summed E-state index contributed by atoms with van der Waals surface area (Å²) >= 11 is 3.32. The minimum Gasteiger partial charge on any atom is -0.397 e. The number of nitrogen functional groups attached to an aromatic ring is 1. The van der Waals surface area contributed by atoms with Crippen LogP contribution in [0.1, 0.15) is 11.1 Å². The van der Waals surface area contributed by atoms with Crippen molar-refractivity contribution in [2.75, 3.05) is 11.1 Å². The summed E-state index contributed by atoms with van der Waals surface area (Å²) in [7, 11) is 0. The van der Waals surface area contributed by atoms with Gasteiger partial charge >= 0.3 is 0 Å². The normalized spacial score (nSPS) is 9.42. The summed E-state index contributed by atoms with van der Waals surface area (Å²) in [5.41, 5.74) is 8.67. The predicted molar refractivity (Wildman–Crippen MR) is 77.7 cm³/mol. The molecule has 0 spiro atoms. The lowest BCUT2D eigenvalue weighted by Gasteiger charge is -2.11. The Bertz CT molecular complexity index is 710. The minimum absolute atomic E-state index is 0.464. The fraction of sp³-hybridized carbons (Fsp3) is 0. The molecule has 0 atom stereocenters. The second kappa shape index (κ2) is 5.43. The van der Waals surface area contributed by atoms with E-state index < -0.39 is 0 Å². The average Bonchev–Trinajstić information content (AvgIpc) is 2.42. The van der Waals surface area contributed by atoms with Crippen molar-refractivity contribution < 1.29 is 0 Å². The Morgan fingerprint density at radius 1 is 1.00 bits per heavy atom. The first-order valence-corrected chi connectivity index (χ1v) is 6.19. The maximum atomic E-state index is 9.09. The first-order valence-electron chi connectivity index (χ1n) is 5.40. The van der Waals surface area contributed by atoms with Gasteiger partial charge in [-0.05, 0) is 36.4 Å². The number of nitrogens with one attached hydrogen (secondary N) is 1. The van der Waals surface area contributed by atoms with Crippen molar-refractivity contribution in [2.24, 2.45) is 0 Å². The number of benzene rings is 2. The standard InChI is InChI=1S/C14H9BrN4/c15-11-2-4-13(10(6-11)8-17)19-14-3-1-9(7-16)5-12(14)18/h1-6,19H,18H2. The van der Waals surface area contributed by atoms with Crippen LogP contribution >= 0.6 is 15.9 Å². The molecule has 0 bridgehead atoms. The molecule has 3 N–H and O–H groups in total. The molecule has 0 radical (unpaired) electrons. The van der Waals surface area contributed by atoms with Crippen molar-refractivity contribution in [2.45, 2.75) is 0 Å². The van der Waals surface area contributed by atoms with Crippen LogP contribution in [0, 0.1) is 22.7 Å². The predicted octanol–water partition coefficient (Wildman–Crippen LogP) is 3.52. The molecule has 92 valence electrons. The number of halogens is 1. The van der Waals surface area contributed by atoms with Gasteiger partial charge in [0.15, 0.2) is 0 Å². The maximum absolute atomic E-state index is 9.09. The van der Waals surface area contributed by atoms with Crippen molar-refractivity contribution in [3.8, 4) is 12.1 Å². The summed E-state index contributed by atoms with van der Waals surface area (Å²) in [5.74, 6) is 0. The van der Waals surface area contributed by atoms with Crippen molar-refractivity contribution in [3.05, 3.63) is 52.0 Å².